The maximum Gasteiger partial charge on any atom is 0.157 e. The van der Waals surface area contributed by atoms with Gasteiger partial charge in [-0.1, -0.05) is 40.7 Å². The topological polar surface area (TPSA) is 47.0 Å². The number of benzene rings is 1. The molecule has 1 heterocycles. The van der Waals surface area contributed by atoms with E-state index in [9.17, 15) is 0 Å². The van der Waals surface area contributed by atoms with Crippen molar-refractivity contribution < 1.29 is 4.74 Å². The van der Waals surface area contributed by atoms with Crippen molar-refractivity contribution in [2.75, 3.05) is 11.9 Å². The lowest BCUT2D eigenvalue weighted by atomic mass is 10.3. The Hall–Kier alpha value is -1.04. The third-order valence-electron chi connectivity index (χ3n) is 2.36. The van der Waals surface area contributed by atoms with Gasteiger partial charge in [-0.2, -0.15) is 0 Å². The summed E-state index contributed by atoms with van der Waals surface area (Å²) < 4.78 is 9.55. The highest BCUT2D eigenvalue weighted by Gasteiger charge is 2.11. The average Bonchev–Trinajstić information content (AvgIpc) is 2.83. The molecule has 102 valence electrons. The van der Waals surface area contributed by atoms with Gasteiger partial charge in [-0.15, -0.1) is 5.10 Å². The van der Waals surface area contributed by atoms with Crippen molar-refractivity contribution in [2.45, 2.75) is 20.0 Å². The summed E-state index contributed by atoms with van der Waals surface area (Å²) in [6.07, 6.45) is 1.04. The maximum absolute atomic E-state index is 6.03. The number of hydrogen-bond donors (Lipinski definition) is 1. The number of ether oxygens (including phenoxy) is 1. The predicted molar refractivity (Wildman–Crippen MR) is 79.5 cm³/mol. The highest BCUT2D eigenvalue weighted by Crippen LogP contribution is 2.33. The summed E-state index contributed by atoms with van der Waals surface area (Å²) in [7, 11) is 0. The molecule has 1 N–H and O–H groups in total. The van der Waals surface area contributed by atoms with Gasteiger partial charge < -0.3 is 10.1 Å². The van der Waals surface area contributed by atoms with Gasteiger partial charge in [0.25, 0.3) is 0 Å². The van der Waals surface area contributed by atoms with Crippen molar-refractivity contribution in [3.8, 4) is 5.75 Å². The van der Waals surface area contributed by atoms with Crippen LogP contribution in [0, 0.1) is 0 Å². The molecule has 0 bridgehead atoms. The first-order valence-electron chi connectivity index (χ1n) is 5.84. The first-order chi connectivity index (χ1) is 9.22. The van der Waals surface area contributed by atoms with Gasteiger partial charge in [-0.3, -0.25) is 0 Å². The van der Waals surface area contributed by atoms with E-state index in [2.05, 4.69) is 21.8 Å². The summed E-state index contributed by atoms with van der Waals surface area (Å²) in [6.45, 7) is 3.26. The van der Waals surface area contributed by atoms with E-state index in [1.165, 1.54) is 11.5 Å². The molecule has 0 unspecified atom stereocenters. The number of nitrogens with zero attached hydrogens (tertiary/aromatic N) is 2. The third-order valence-corrected chi connectivity index (χ3v) is 3.68. The molecule has 2 rings (SSSR count). The number of aromatic nitrogens is 2. The van der Waals surface area contributed by atoms with Gasteiger partial charge in [0.2, 0.25) is 0 Å². The van der Waals surface area contributed by atoms with E-state index < -0.39 is 0 Å². The molecule has 2 aromatic rings. The fourth-order valence-electron chi connectivity index (χ4n) is 1.44. The molecule has 0 radical (unpaired) electrons. The van der Waals surface area contributed by atoms with Crippen molar-refractivity contribution in [1.82, 2.24) is 9.59 Å². The molecule has 0 atom stereocenters. The van der Waals surface area contributed by atoms with Crippen LogP contribution >= 0.6 is 34.7 Å². The van der Waals surface area contributed by atoms with Crippen molar-refractivity contribution in [3.05, 3.63) is 33.9 Å². The molecule has 19 heavy (non-hydrogen) atoms. The monoisotopic (exact) mass is 317 g/mol. The minimum absolute atomic E-state index is 0.284. The lowest BCUT2D eigenvalue weighted by Crippen LogP contribution is -2.04. The van der Waals surface area contributed by atoms with Crippen molar-refractivity contribution in [2.24, 2.45) is 0 Å². The van der Waals surface area contributed by atoms with Crippen molar-refractivity contribution in [1.29, 1.82) is 0 Å². The standard InChI is InChI=1S/C12H13Cl2N3OS/c1-2-6-15-12-10(16-17-19-12)7-18-11-8(13)4-3-5-9(11)14/h3-5,15H,2,6-7H2,1H3. The lowest BCUT2D eigenvalue weighted by molar-refractivity contribution is 0.302. The van der Waals surface area contributed by atoms with E-state index in [4.69, 9.17) is 27.9 Å². The molecule has 0 spiro atoms. The normalized spacial score (nSPS) is 10.5. The fourth-order valence-corrected chi connectivity index (χ4v) is 2.54. The Balaban J connectivity index is 2.04. The van der Waals surface area contributed by atoms with E-state index in [1.54, 1.807) is 18.2 Å². The van der Waals surface area contributed by atoms with Crippen LogP contribution in [0.15, 0.2) is 18.2 Å². The zero-order valence-corrected chi connectivity index (χ0v) is 12.6. The molecule has 0 aliphatic rings. The minimum atomic E-state index is 0.284. The van der Waals surface area contributed by atoms with Crippen LogP contribution in [0.25, 0.3) is 0 Å². The van der Waals surface area contributed by atoms with E-state index in [0.717, 1.165) is 23.7 Å². The second kappa shape index (κ2) is 6.93. The number of halogens is 2. The van der Waals surface area contributed by atoms with Gasteiger partial charge in [0, 0.05) is 18.1 Å². The van der Waals surface area contributed by atoms with E-state index in [-0.39, 0.29) is 6.61 Å². The van der Waals surface area contributed by atoms with Crippen LogP contribution in [0.1, 0.15) is 19.0 Å². The Kier molecular flexibility index (Phi) is 5.24. The lowest BCUT2D eigenvalue weighted by Gasteiger charge is -2.09. The smallest absolute Gasteiger partial charge is 0.157 e. The molecule has 7 heteroatoms. The number of nitrogens with one attached hydrogen (secondary N) is 1. The molecule has 0 fully saturated rings. The molecular formula is C12H13Cl2N3OS. The average molecular weight is 318 g/mol. The van der Waals surface area contributed by atoms with E-state index in [0.29, 0.717) is 15.8 Å². The van der Waals surface area contributed by atoms with E-state index >= 15 is 0 Å². The van der Waals surface area contributed by atoms with Crippen molar-refractivity contribution >= 4 is 39.7 Å². The first-order valence-corrected chi connectivity index (χ1v) is 7.37. The Bertz CT molecular complexity index is 527. The molecule has 1 aromatic heterocycles. The van der Waals surface area contributed by atoms with Crippen LogP contribution in [0.3, 0.4) is 0 Å². The quantitative estimate of drug-likeness (QED) is 0.865. The van der Waals surface area contributed by atoms with Crippen LogP contribution in [0.2, 0.25) is 10.0 Å². The van der Waals surface area contributed by atoms with Crippen LogP contribution in [-0.2, 0) is 6.61 Å². The Labute approximate surface area is 125 Å². The number of rotatable bonds is 6. The highest BCUT2D eigenvalue weighted by molar-refractivity contribution is 7.10. The minimum Gasteiger partial charge on any atom is -0.484 e. The molecule has 4 nitrogen and oxygen atoms in total. The second-order valence-electron chi connectivity index (χ2n) is 3.81. The van der Waals surface area contributed by atoms with Gasteiger partial charge in [0.15, 0.2) is 5.75 Å². The zero-order valence-electron chi connectivity index (χ0n) is 10.3. The summed E-state index contributed by atoms with van der Waals surface area (Å²) in [5.74, 6) is 0.472. The highest BCUT2D eigenvalue weighted by atomic mass is 35.5. The fraction of sp³-hybridized carbons (Fsp3) is 0.333. The molecule has 0 aliphatic carbocycles. The summed E-state index contributed by atoms with van der Waals surface area (Å²) in [4.78, 5) is 0. The molecule has 0 aliphatic heterocycles. The maximum atomic E-state index is 6.03. The van der Waals surface area contributed by atoms with Crippen molar-refractivity contribution in [3.63, 3.8) is 0 Å². The van der Waals surface area contributed by atoms with Gasteiger partial charge in [-0.25, -0.2) is 0 Å². The van der Waals surface area contributed by atoms with Gasteiger partial charge in [-0.05, 0) is 18.6 Å². The van der Waals surface area contributed by atoms with Crippen LogP contribution in [-0.4, -0.2) is 16.1 Å². The van der Waals surface area contributed by atoms with Crippen LogP contribution < -0.4 is 10.1 Å². The molecule has 1 aromatic carbocycles. The van der Waals surface area contributed by atoms with Crippen LogP contribution in [0.4, 0.5) is 5.00 Å². The molecule has 0 saturated heterocycles. The largest absolute Gasteiger partial charge is 0.484 e. The molecule has 0 amide bonds. The number of hydrogen-bond acceptors (Lipinski definition) is 5. The predicted octanol–water partition coefficient (Wildman–Crippen LogP) is 4.25. The SMILES string of the molecule is CCCNc1snnc1COc1c(Cl)cccc1Cl. The zero-order chi connectivity index (χ0) is 13.7. The number of para-hydroxylation sites is 1. The summed E-state index contributed by atoms with van der Waals surface area (Å²) >= 11 is 13.4. The van der Waals surface area contributed by atoms with Gasteiger partial charge in [0.1, 0.15) is 17.3 Å². The first kappa shape index (κ1) is 14.4. The Morgan fingerprint density at radius 1 is 1.32 bits per heavy atom. The third kappa shape index (κ3) is 3.72. The summed E-state index contributed by atoms with van der Waals surface area (Å²) in [5.41, 5.74) is 0.759. The second-order valence-corrected chi connectivity index (χ2v) is 5.38. The van der Waals surface area contributed by atoms with E-state index in [1.807, 2.05) is 0 Å². The molecule has 0 saturated carbocycles. The Morgan fingerprint density at radius 2 is 2.05 bits per heavy atom. The van der Waals surface area contributed by atoms with Gasteiger partial charge in [0.05, 0.1) is 10.0 Å². The van der Waals surface area contributed by atoms with Crippen LogP contribution in [0.5, 0.6) is 5.75 Å². The Morgan fingerprint density at radius 3 is 2.74 bits per heavy atom. The number of anilines is 1. The summed E-state index contributed by atoms with van der Waals surface area (Å²) in [5, 5.41) is 9.19. The summed E-state index contributed by atoms with van der Waals surface area (Å²) in [6, 6.07) is 5.24. The van der Waals surface area contributed by atoms with Gasteiger partial charge >= 0.3 is 0 Å². The molecular weight excluding hydrogens is 305 g/mol.